The zero-order valence-corrected chi connectivity index (χ0v) is 17.3. The molecule has 0 aliphatic carbocycles. The molecule has 0 bridgehead atoms. The highest BCUT2D eigenvalue weighted by molar-refractivity contribution is 6.01. The van der Waals surface area contributed by atoms with Crippen LogP contribution in [-0.4, -0.2) is 25.2 Å². The number of esters is 1. The molecule has 0 aliphatic heterocycles. The number of nitrogens with zero attached hydrogens (tertiary/aromatic N) is 1. The largest absolute Gasteiger partial charge is 0.497 e. The Bertz CT molecular complexity index is 1200. The lowest BCUT2D eigenvalue weighted by Crippen LogP contribution is -2.09. The summed E-state index contributed by atoms with van der Waals surface area (Å²) in [7, 11) is 3.05. The molecule has 4 rings (SSSR count). The monoisotopic (exact) mass is 397 g/mol. The Morgan fingerprint density at radius 2 is 1.63 bits per heavy atom. The molecule has 0 saturated heterocycles. The smallest absolute Gasteiger partial charge is 0.310 e. The number of benzene rings is 3. The Labute approximate surface area is 176 Å². The van der Waals surface area contributed by atoms with E-state index >= 15 is 0 Å². The molecule has 0 saturated carbocycles. The van der Waals surface area contributed by atoms with E-state index in [0.29, 0.717) is 0 Å². The van der Waals surface area contributed by atoms with E-state index in [9.17, 15) is 4.79 Å². The number of carbonyl (C=O) groups is 1. The minimum Gasteiger partial charge on any atom is -0.497 e. The number of ether oxygens (including phenoxy) is 2. The maximum absolute atomic E-state index is 12.4. The number of fused-ring (bicyclic) bond motifs is 1. The minimum atomic E-state index is -0.296. The molecular weight excluding hydrogens is 374 g/mol. The van der Waals surface area contributed by atoms with E-state index in [4.69, 9.17) is 14.5 Å². The lowest BCUT2D eigenvalue weighted by molar-refractivity contribution is -0.139. The molecule has 4 heteroatoms. The van der Waals surface area contributed by atoms with Gasteiger partial charge in [-0.15, -0.1) is 0 Å². The molecule has 0 aliphatic rings. The Balaban J connectivity index is 2.08. The van der Waals surface area contributed by atoms with Crippen molar-refractivity contribution in [3.8, 4) is 28.1 Å². The maximum atomic E-state index is 12.4. The van der Waals surface area contributed by atoms with Crippen LogP contribution in [0.3, 0.4) is 0 Å². The molecule has 150 valence electrons. The number of methoxy groups -OCH3 is 2. The normalized spacial score (nSPS) is 10.8. The van der Waals surface area contributed by atoms with Gasteiger partial charge in [-0.2, -0.15) is 0 Å². The van der Waals surface area contributed by atoms with E-state index in [0.717, 1.165) is 50.2 Å². The third-order valence-electron chi connectivity index (χ3n) is 5.22. The second kappa shape index (κ2) is 8.37. The third-order valence-corrected chi connectivity index (χ3v) is 5.22. The van der Waals surface area contributed by atoms with Crippen LogP contribution in [0.4, 0.5) is 0 Å². The topological polar surface area (TPSA) is 48.4 Å². The van der Waals surface area contributed by atoms with E-state index in [1.165, 1.54) is 7.11 Å². The molecule has 3 aromatic carbocycles. The molecule has 1 aromatic heterocycles. The summed E-state index contributed by atoms with van der Waals surface area (Å²) in [6.07, 6.45) is 0.138. The van der Waals surface area contributed by atoms with Crippen molar-refractivity contribution in [2.75, 3.05) is 14.2 Å². The van der Waals surface area contributed by atoms with Crippen LogP contribution in [0, 0.1) is 6.92 Å². The molecule has 0 amide bonds. The van der Waals surface area contributed by atoms with Gasteiger partial charge in [0.25, 0.3) is 0 Å². The van der Waals surface area contributed by atoms with Gasteiger partial charge in [0.1, 0.15) is 5.75 Å². The summed E-state index contributed by atoms with van der Waals surface area (Å²) in [5.41, 5.74) is 6.65. The Kier molecular flexibility index (Phi) is 5.48. The highest BCUT2D eigenvalue weighted by Gasteiger charge is 2.20. The van der Waals surface area contributed by atoms with Gasteiger partial charge in [-0.1, -0.05) is 42.0 Å². The molecule has 4 aromatic rings. The molecule has 0 radical (unpaired) electrons. The number of hydrogen-bond donors (Lipinski definition) is 0. The van der Waals surface area contributed by atoms with E-state index in [1.807, 2.05) is 48.5 Å². The molecular formula is C26H23NO3. The fourth-order valence-corrected chi connectivity index (χ4v) is 3.73. The average Bonchev–Trinajstić information content (AvgIpc) is 2.79. The lowest BCUT2D eigenvalue weighted by atomic mass is 9.90. The number of aryl methyl sites for hydroxylation is 1. The minimum absolute atomic E-state index is 0.138. The molecule has 0 N–H and O–H groups in total. The summed E-state index contributed by atoms with van der Waals surface area (Å²) >= 11 is 0. The Morgan fingerprint density at radius 3 is 2.30 bits per heavy atom. The lowest BCUT2D eigenvalue weighted by Gasteiger charge is -2.18. The fraction of sp³-hybridized carbons (Fsp3) is 0.154. The maximum Gasteiger partial charge on any atom is 0.310 e. The van der Waals surface area contributed by atoms with Crippen LogP contribution >= 0.6 is 0 Å². The van der Waals surface area contributed by atoms with Crippen LogP contribution in [0.5, 0.6) is 5.75 Å². The van der Waals surface area contributed by atoms with Gasteiger partial charge in [0, 0.05) is 10.9 Å². The number of rotatable bonds is 5. The molecule has 0 unspecified atom stereocenters. The zero-order valence-electron chi connectivity index (χ0n) is 17.3. The van der Waals surface area contributed by atoms with Crippen LogP contribution in [0.25, 0.3) is 33.3 Å². The van der Waals surface area contributed by atoms with Gasteiger partial charge in [-0.3, -0.25) is 4.79 Å². The summed E-state index contributed by atoms with van der Waals surface area (Å²) in [5.74, 6) is 0.476. The number of aromatic nitrogens is 1. The second-order valence-corrected chi connectivity index (χ2v) is 7.18. The summed E-state index contributed by atoms with van der Waals surface area (Å²) in [6.45, 7) is 2.06. The van der Waals surface area contributed by atoms with E-state index in [-0.39, 0.29) is 12.4 Å². The van der Waals surface area contributed by atoms with Crippen molar-refractivity contribution >= 4 is 16.9 Å². The Hall–Kier alpha value is -3.66. The standard InChI is InChI=1S/C26H23NO3/c1-17-9-14-23-21(15-17)25(18-7-5-4-6-8-18)22(16-24(28)30-3)26(27-23)19-10-12-20(29-2)13-11-19/h4-15H,16H2,1-3H3. The second-order valence-electron chi connectivity index (χ2n) is 7.18. The van der Waals surface area contributed by atoms with Crippen molar-refractivity contribution in [2.45, 2.75) is 13.3 Å². The first-order valence-electron chi connectivity index (χ1n) is 9.80. The van der Waals surface area contributed by atoms with Gasteiger partial charge in [-0.05, 0) is 60.0 Å². The highest BCUT2D eigenvalue weighted by Crippen LogP contribution is 2.38. The molecule has 30 heavy (non-hydrogen) atoms. The SMILES string of the molecule is COC(=O)Cc1c(-c2ccc(OC)cc2)nc2ccc(C)cc2c1-c1ccccc1. The van der Waals surface area contributed by atoms with Crippen molar-refractivity contribution < 1.29 is 14.3 Å². The third kappa shape index (κ3) is 3.77. The molecule has 0 atom stereocenters. The van der Waals surface area contributed by atoms with Gasteiger partial charge in [0.15, 0.2) is 0 Å². The van der Waals surface area contributed by atoms with Gasteiger partial charge in [0.2, 0.25) is 0 Å². The first-order valence-corrected chi connectivity index (χ1v) is 9.80. The van der Waals surface area contributed by atoms with Crippen LogP contribution in [0.2, 0.25) is 0 Å². The van der Waals surface area contributed by atoms with Crippen molar-refractivity contribution in [2.24, 2.45) is 0 Å². The fourth-order valence-electron chi connectivity index (χ4n) is 3.73. The van der Waals surface area contributed by atoms with Gasteiger partial charge < -0.3 is 9.47 Å². The zero-order chi connectivity index (χ0) is 21.1. The van der Waals surface area contributed by atoms with Crippen molar-refractivity contribution in [3.63, 3.8) is 0 Å². The molecule has 0 spiro atoms. The van der Waals surface area contributed by atoms with Gasteiger partial charge in [-0.25, -0.2) is 4.98 Å². The highest BCUT2D eigenvalue weighted by atomic mass is 16.5. The first kappa shape index (κ1) is 19.6. The number of pyridine rings is 1. The average molecular weight is 397 g/mol. The predicted molar refractivity (Wildman–Crippen MR) is 120 cm³/mol. The van der Waals surface area contributed by atoms with Crippen LogP contribution in [0.1, 0.15) is 11.1 Å². The quantitative estimate of drug-likeness (QED) is 0.411. The van der Waals surface area contributed by atoms with Crippen molar-refractivity contribution in [1.29, 1.82) is 0 Å². The number of carbonyl (C=O) groups excluding carboxylic acids is 1. The van der Waals surface area contributed by atoms with E-state index in [2.05, 4.69) is 31.2 Å². The summed E-state index contributed by atoms with van der Waals surface area (Å²) < 4.78 is 10.3. The van der Waals surface area contributed by atoms with Gasteiger partial charge >= 0.3 is 5.97 Å². The van der Waals surface area contributed by atoms with Crippen LogP contribution in [-0.2, 0) is 16.0 Å². The van der Waals surface area contributed by atoms with Gasteiger partial charge in [0.05, 0.1) is 31.9 Å². The Morgan fingerprint density at radius 1 is 0.900 bits per heavy atom. The summed E-state index contributed by atoms with van der Waals surface area (Å²) in [5, 5.41) is 1.03. The van der Waals surface area contributed by atoms with Crippen molar-refractivity contribution in [3.05, 3.63) is 83.9 Å². The number of hydrogen-bond acceptors (Lipinski definition) is 4. The summed E-state index contributed by atoms with van der Waals surface area (Å²) in [4.78, 5) is 17.3. The van der Waals surface area contributed by atoms with Crippen molar-refractivity contribution in [1.82, 2.24) is 4.98 Å². The molecule has 0 fully saturated rings. The van der Waals surface area contributed by atoms with Crippen LogP contribution in [0.15, 0.2) is 72.8 Å². The summed E-state index contributed by atoms with van der Waals surface area (Å²) in [6, 6.07) is 24.1. The first-order chi connectivity index (χ1) is 14.6. The molecule has 1 heterocycles. The van der Waals surface area contributed by atoms with Crippen LogP contribution < -0.4 is 4.74 Å². The predicted octanol–water partition coefficient (Wildman–Crippen LogP) is 5.60. The van der Waals surface area contributed by atoms with E-state index < -0.39 is 0 Å². The molecule has 4 nitrogen and oxygen atoms in total. The van der Waals surface area contributed by atoms with E-state index in [1.54, 1.807) is 7.11 Å².